The summed E-state index contributed by atoms with van der Waals surface area (Å²) >= 11 is 0. The van der Waals surface area contributed by atoms with Crippen LogP contribution in [0.25, 0.3) is 17.0 Å². The fourth-order valence-corrected chi connectivity index (χ4v) is 3.97. The van der Waals surface area contributed by atoms with E-state index in [2.05, 4.69) is 0 Å². The molecule has 0 spiro atoms. The van der Waals surface area contributed by atoms with Crippen LogP contribution in [0.1, 0.15) is 21.5 Å². The Hall–Kier alpha value is -4.19. The first kappa shape index (κ1) is 20.7. The molecular formula is C27H23NO5. The van der Waals surface area contributed by atoms with Crippen LogP contribution in [0.2, 0.25) is 0 Å². The van der Waals surface area contributed by atoms with E-state index in [1.807, 2.05) is 60.3 Å². The molecule has 1 aromatic heterocycles. The summed E-state index contributed by atoms with van der Waals surface area (Å²) in [5, 5.41) is 0.985. The normalized spacial score (nSPS) is 13.8. The Labute approximate surface area is 191 Å². The maximum absolute atomic E-state index is 12.9. The van der Waals surface area contributed by atoms with Crippen LogP contribution in [0.5, 0.6) is 23.0 Å². The molecule has 5 rings (SSSR count). The van der Waals surface area contributed by atoms with Crippen LogP contribution < -0.4 is 18.9 Å². The highest BCUT2D eigenvalue weighted by molar-refractivity contribution is 6.15. The van der Waals surface area contributed by atoms with Crippen LogP contribution >= 0.6 is 0 Å². The van der Waals surface area contributed by atoms with Gasteiger partial charge in [-0.15, -0.1) is 0 Å². The topological polar surface area (TPSA) is 58.9 Å². The third-order valence-electron chi connectivity index (χ3n) is 5.70. The van der Waals surface area contributed by atoms with E-state index >= 15 is 0 Å². The van der Waals surface area contributed by atoms with Crippen molar-refractivity contribution >= 4 is 22.8 Å². The number of hydrogen-bond acceptors (Lipinski definition) is 5. The number of ether oxygens (including phenoxy) is 4. The summed E-state index contributed by atoms with van der Waals surface area (Å²) in [7, 11) is 5.24. The predicted molar refractivity (Wildman–Crippen MR) is 126 cm³/mol. The molecule has 1 aliphatic heterocycles. The van der Waals surface area contributed by atoms with E-state index in [1.54, 1.807) is 38.5 Å². The molecular weight excluding hydrogens is 418 g/mol. The Bertz CT molecular complexity index is 1400. The van der Waals surface area contributed by atoms with E-state index in [0.29, 0.717) is 23.7 Å². The smallest absolute Gasteiger partial charge is 0.231 e. The van der Waals surface area contributed by atoms with E-state index in [-0.39, 0.29) is 11.5 Å². The highest BCUT2D eigenvalue weighted by atomic mass is 16.5. The molecule has 166 valence electrons. The van der Waals surface area contributed by atoms with Crippen LogP contribution in [-0.2, 0) is 13.7 Å². The lowest BCUT2D eigenvalue weighted by atomic mass is 10.1. The van der Waals surface area contributed by atoms with Gasteiger partial charge in [0.25, 0.3) is 0 Å². The Morgan fingerprint density at radius 2 is 1.73 bits per heavy atom. The van der Waals surface area contributed by atoms with Crippen LogP contribution in [0.15, 0.2) is 72.6 Å². The molecule has 0 bridgehead atoms. The molecule has 4 aromatic rings. The fraction of sp³-hybridized carbons (Fsp3) is 0.148. The molecule has 0 N–H and O–H groups in total. The zero-order valence-corrected chi connectivity index (χ0v) is 18.6. The van der Waals surface area contributed by atoms with Gasteiger partial charge in [-0.3, -0.25) is 4.79 Å². The summed E-state index contributed by atoms with van der Waals surface area (Å²) in [6.07, 6.45) is 3.75. The standard InChI is InChI=1S/C27H23NO5/c1-28-15-18(23-13-20(31-3)8-10-24(23)28)12-26-27(29)22-9-7-21(14-25(22)33-26)32-16-17-5-4-6-19(11-17)30-2/h4-15H,16H2,1-3H3/b26-12-. The van der Waals surface area contributed by atoms with Gasteiger partial charge < -0.3 is 23.5 Å². The molecule has 0 unspecified atom stereocenters. The van der Waals surface area contributed by atoms with Gasteiger partial charge in [0.05, 0.1) is 19.8 Å². The highest BCUT2D eigenvalue weighted by Crippen LogP contribution is 2.36. The van der Waals surface area contributed by atoms with E-state index in [0.717, 1.165) is 33.5 Å². The maximum Gasteiger partial charge on any atom is 0.231 e. The van der Waals surface area contributed by atoms with Gasteiger partial charge in [-0.2, -0.15) is 0 Å². The number of methoxy groups -OCH3 is 2. The fourth-order valence-electron chi connectivity index (χ4n) is 3.97. The summed E-state index contributed by atoms with van der Waals surface area (Å²) in [5.74, 6) is 2.79. The molecule has 6 heteroatoms. The monoisotopic (exact) mass is 441 g/mol. The zero-order chi connectivity index (χ0) is 22.9. The number of carbonyl (C=O) groups is 1. The van der Waals surface area contributed by atoms with Crippen molar-refractivity contribution in [1.82, 2.24) is 4.57 Å². The molecule has 33 heavy (non-hydrogen) atoms. The predicted octanol–water partition coefficient (Wildman–Crippen LogP) is 5.39. The van der Waals surface area contributed by atoms with Gasteiger partial charge in [0.1, 0.15) is 29.6 Å². The molecule has 0 saturated carbocycles. The first-order valence-electron chi connectivity index (χ1n) is 10.5. The molecule has 0 saturated heterocycles. The third-order valence-corrected chi connectivity index (χ3v) is 5.70. The lowest BCUT2D eigenvalue weighted by molar-refractivity contribution is 0.101. The third kappa shape index (κ3) is 3.91. The summed E-state index contributed by atoms with van der Waals surface area (Å²) in [6.45, 7) is 0.379. The van der Waals surface area contributed by atoms with Gasteiger partial charge in [-0.25, -0.2) is 0 Å². The minimum atomic E-state index is -0.149. The van der Waals surface area contributed by atoms with Crippen molar-refractivity contribution in [2.45, 2.75) is 6.61 Å². The van der Waals surface area contributed by atoms with Gasteiger partial charge in [0.2, 0.25) is 5.78 Å². The first-order valence-corrected chi connectivity index (χ1v) is 10.5. The number of aryl methyl sites for hydroxylation is 1. The molecule has 0 aliphatic carbocycles. The molecule has 0 radical (unpaired) electrons. The number of fused-ring (bicyclic) bond motifs is 2. The van der Waals surface area contributed by atoms with E-state index < -0.39 is 0 Å². The van der Waals surface area contributed by atoms with Gasteiger partial charge in [-0.05, 0) is 54.1 Å². The molecule has 1 aliphatic rings. The molecule has 0 amide bonds. The maximum atomic E-state index is 12.9. The van der Waals surface area contributed by atoms with Crippen LogP contribution in [0.4, 0.5) is 0 Å². The Morgan fingerprint density at radius 1 is 0.939 bits per heavy atom. The number of ketones is 1. The molecule has 0 fully saturated rings. The highest BCUT2D eigenvalue weighted by Gasteiger charge is 2.28. The number of allylic oxidation sites excluding steroid dienone is 1. The lowest BCUT2D eigenvalue weighted by Crippen LogP contribution is -1.98. The first-order chi connectivity index (χ1) is 16.1. The molecule has 0 atom stereocenters. The minimum absolute atomic E-state index is 0.149. The quantitative estimate of drug-likeness (QED) is 0.376. The summed E-state index contributed by atoms with van der Waals surface area (Å²) in [5.41, 5.74) is 3.43. The summed E-state index contributed by atoms with van der Waals surface area (Å²) < 4.78 is 24.5. The van der Waals surface area contributed by atoms with Crippen molar-refractivity contribution < 1.29 is 23.7 Å². The number of carbonyl (C=O) groups excluding carboxylic acids is 1. The second kappa shape index (κ2) is 8.39. The van der Waals surface area contributed by atoms with Crippen LogP contribution in [-0.4, -0.2) is 24.6 Å². The second-order valence-corrected chi connectivity index (χ2v) is 7.82. The average Bonchev–Trinajstić information content (AvgIpc) is 3.33. The number of hydrogen-bond donors (Lipinski definition) is 0. The number of Topliss-reactive ketones (excluding diaryl/α,β-unsaturated/α-hetero) is 1. The lowest BCUT2D eigenvalue weighted by Gasteiger charge is -2.08. The van der Waals surface area contributed by atoms with Crippen molar-refractivity contribution in [3.8, 4) is 23.0 Å². The zero-order valence-electron chi connectivity index (χ0n) is 18.6. The largest absolute Gasteiger partial charge is 0.497 e. The number of rotatable bonds is 6. The van der Waals surface area contributed by atoms with Gasteiger partial charge in [0, 0.05) is 35.8 Å². The molecule has 6 nitrogen and oxygen atoms in total. The van der Waals surface area contributed by atoms with Crippen molar-refractivity contribution in [3.05, 3.63) is 89.3 Å². The number of nitrogens with zero attached hydrogens (tertiary/aromatic N) is 1. The average molecular weight is 441 g/mol. The number of benzene rings is 3. The van der Waals surface area contributed by atoms with Gasteiger partial charge in [-0.1, -0.05) is 12.1 Å². The van der Waals surface area contributed by atoms with Crippen LogP contribution in [0, 0.1) is 0 Å². The Kier molecular flexibility index (Phi) is 5.26. The Balaban J connectivity index is 1.39. The van der Waals surface area contributed by atoms with Gasteiger partial charge >= 0.3 is 0 Å². The van der Waals surface area contributed by atoms with E-state index in [9.17, 15) is 4.79 Å². The Morgan fingerprint density at radius 3 is 2.55 bits per heavy atom. The van der Waals surface area contributed by atoms with Crippen molar-refractivity contribution in [2.75, 3.05) is 14.2 Å². The van der Waals surface area contributed by atoms with Crippen molar-refractivity contribution in [3.63, 3.8) is 0 Å². The van der Waals surface area contributed by atoms with E-state index in [4.69, 9.17) is 18.9 Å². The van der Waals surface area contributed by atoms with Gasteiger partial charge in [0.15, 0.2) is 5.76 Å². The summed E-state index contributed by atoms with van der Waals surface area (Å²) in [4.78, 5) is 12.9. The minimum Gasteiger partial charge on any atom is -0.497 e. The SMILES string of the molecule is COc1cccc(COc2ccc3c(c2)O/C(=C\c2cn(C)c4ccc(OC)cc24)C3=O)c1. The molecule has 3 aromatic carbocycles. The van der Waals surface area contributed by atoms with Crippen molar-refractivity contribution in [1.29, 1.82) is 0 Å². The molecule has 2 heterocycles. The second-order valence-electron chi connectivity index (χ2n) is 7.82. The van der Waals surface area contributed by atoms with E-state index in [1.165, 1.54) is 0 Å². The number of aromatic nitrogens is 1. The van der Waals surface area contributed by atoms with Crippen LogP contribution in [0.3, 0.4) is 0 Å². The van der Waals surface area contributed by atoms with Crippen molar-refractivity contribution in [2.24, 2.45) is 7.05 Å². The summed E-state index contributed by atoms with van der Waals surface area (Å²) in [6, 6.07) is 18.8.